The second-order valence-corrected chi connectivity index (χ2v) is 6.71. The van der Waals surface area contributed by atoms with E-state index in [0.29, 0.717) is 11.0 Å². The standard InChI is InChI=1S/C15H19BrF2N2/c16-12-3-4-13(17)11(14(12)18)9-20-8-7-19-10-15(20)5-1-2-6-15/h3-4,19H,1-2,5-10H2. The van der Waals surface area contributed by atoms with Gasteiger partial charge >= 0.3 is 0 Å². The van der Waals surface area contributed by atoms with Crippen LogP contribution in [0.15, 0.2) is 16.6 Å². The van der Waals surface area contributed by atoms with Crippen molar-refractivity contribution >= 4 is 15.9 Å². The van der Waals surface area contributed by atoms with E-state index < -0.39 is 11.6 Å². The summed E-state index contributed by atoms with van der Waals surface area (Å²) in [5, 5.41) is 3.44. The summed E-state index contributed by atoms with van der Waals surface area (Å²) in [6.45, 7) is 3.04. The molecule has 0 radical (unpaired) electrons. The van der Waals surface area contributed by atoms with Gasteiger partial charge in [-0.1, -0.05) is 12.8 Å². The molecule has 1 N–H and O–H groups in total. The molecule has 1 saturated heterocycles. The largest absolute Gasteiger partial charge is 0.314 e. The van der Waals surface area contributed by atoms with Crippen LogP contribution in [0, 0.1) is 11.6 Å². The highest BCUT2D eigenvalue weighted by Crippen LogP contribution is 2.37. The third-order valence-corrected chi connectivity index (χ3v) is 5.32. The first-order valence-corrected chi connectivity index (χ1v) is 8.00. The van der Waals surface area contributed by atoms with Gasteiger partial charge in [-0.25, -0.2) is 8.78 Å². The molecule has 2 nitrogen and oxygen atoms in total. The number of nitrogens with one attached hydrogen (secondary N) is 1. The molecule has 3 rings (SSSR count). The predicted octanol–water partition coefficient (Wildman–Crippen LogP) is 3.45. The molecule has 1 aromatic rings. The molecule has 110 valence electrons. The molecule has 0 aromatic heterocycles. The van der Waals surface area contributed by atoms with E-state index in [0.717, 1.165) is 32.5 Å². The summed E-state index contributed by atoms with van der Waals surface area (Å²) in [5.74, 6) is -0.908. The average Bonchev–Trinajstić information content (AvgIpc) is 2.90. The van der Waals surface area contributed by atoms with Crippen LogP contribution in [-0.2, 0) is 6.54 Å². The number of nitrogens with zero attached hydrogens (tertiary/aromatic N) is 1. The van der Waals surface area contributed by atoms with Gasteiger partial charge in [0, 0.05) is 37.3 Å². The van der Waals surface area contributed by atoms with E-state index in [-0.39, 0.29) is 11.1 Å². The summed E-state index contributed by atoms with van der Waals surface area (Å²) in [6.07, 6.45) is 4.66. The van der Waals surface area contributed by atoms with Gasteiger partial charge in [-0.05, 0) is 40.9 Å². The minimum Gasteiger partial charge on any atom is -0.314 e. The van der Waals surface area contributed by atoms with Gasteiger partial charge in [0.05, 0.1) is 4.47 Å². The summed E-state index contributed by atoms with van der Waals surface area (Å²) >= 11 is 3.15. The smallest absolute Gasteiger partial charge is 0.144 e. The van der Waals surface area contributed by atoms with E-state index in [4.69, 9.17) is 0 Å². The van der Waals surface area contributed by atoms with Gasteiger partial charge < -0.3 is 5.32 Å². The number of hydrogen-bond acceptors (Lipinski definition) is 2. The number of rotatable bonds is 2. The fourth-order valence-electron chi connectivity index (χ4n) is 3.56. The topological polar surface area (TPSA) is 15.3 Å². The van der Waals surface area contributed by atoms with E-state index in [1.54, 1.807) is 0 Å². The summed E-state index contributed by atoms with van der Waals surface area (Å²) in [5.41, 5.74) is 0.284. The normalized spacial score (nSPS) is 22.6. The van der Waals surface area contributed by atoms with Crippen LogP contribution < -0.4 is 5.32 Å². The molecule has 1 heterocycles. The van der Waals surface area contributed by atoms with Crippen LogP contribution in [0.3, 0.4) is 0 Å². The zero-order chi connectivity index (χ0) is 14.2. The Morgan fingerprint density at radius 1 is 1.25 bits per heavy atom. The van der Waals surface area contributed by atoms with Gasteiger partial charge in [-0.15, -0.1) is 0 Å². The Labute approximate surface area is 126 Å². The second kappa shape index (κ2) is 5.70. The minimum atomic E-state index is -0.461. The molecule has 1 aromatic carbocycles. The first-order valence-electron chi connectivity index (χ1n) is 7.21. The van der Waals surface area contributed by atoms with Crippen molar-refractivity contribution in [1.82, 2.24) is 10.2 Å². The number of piperazine rings is 1. The number of halogens is 3. The van der Waals surface area contributed by atoms with Crippen molar-refractivity contribution in [3.8, 4) is 0 Å². The van der Waals surface area contributed by atoms with Crippen LogP contribution in [0.1, 0.15) is 31.2 Å². The lowest BCUT2D eigenvalue weighted by molar-refractivity contribution is 0.0551. The molecule has 0 bridgehead atoms. The summed E-state index contributed by atoms with van der Waals surface area (Å²) in [4.78, 5) is 2.28. The minimum absolute atomic E-state index is 0.0967. The van der Waals surface area contributed by atoms with Gasteiger partial charge in [0.15, 0.2) is 0 Å². The molecule has 5 heteroatoms. The average molecular weight is 345 g/mol. The Hall–Kier alpha value is -0.520. The zero-order valence-corrected chi connectivity index (χ0v) is 13.0. The SMILES string of the molecule is Fc1ccc(Br)c(F)c1CN1CCNCC12CCCC2. The molecule has 2 fully saturated rings. The molecule has 1 spiro atoms. The van der Waals surface area contributed by atoms with Gasteiger partial charge in [0.25, 0.3) is 0 Å². The molecule has 20 heavy (non-hydrogen) atoms. The maximum atomic E-state index is 14.2. The highest BCUT2D eigenvalue weighted by Gasteiger charge is 2.41. The molecule has 1 aliphatic carbocycles. The van der Waals surface area contributed by atoms with Crippen LogP contribution in [0.5, 0.6) is 0 Å². The van der Waals surface area contributed by atoms with Crippen molar-refractivity contribution in [3.63, 3.8) is 0 Å². The quantitative estimate of drug-likeness (QED) is 0.826. The summed E-state index contributed by atoms with van der Waals surface area (Å²) < 4.78 is 28.5. The summed E-state index contributed by atoms with van der Waals surface area (Å²) in [6, 6.07) is 2.77. The van der Waals surface area contributed by atoms with E-state index in [1.165, 1.54) is 25.0 Å². The monoisotopic (exact) mass is 344 g/mol. The van der Waals surface area contributed by atoms with E-state index in [9.17, 15) is 8.78 Å². The van der Waals surface area contributed by atoms with Gasteiger partial charge in [0.2, 0.25) is 0 Å². The molecule has 0 amide bonds. The van der Waals surface area contributed by atoms with E-state index in [2.05, 4.69) is 26.1 Å². The van der Waals surface area contributed by atoms with Crippen molar-refractivity contribution in [2.24, 2.45) is 0 Å². The van der Waals surface area contributed by atoms with Crippen molar-refractivity contribution in [3.05, 3.63) is 33.8 Å². The molecule has 1 aliphatic heterocycles. The van der Waals surface area contributed by atoms with Crippen LogP contribution in [0.2, 0.25) is 0 Å². The van der Waals surface area contributed by atoms with Crippen molar-refractivity contribution < 1.29 is 8.78 Å². The lowest BCUT2D eigenvalue weighted by Gasteiger charge is -2.45. The van der Waals surface area contributed by atoms with Crippen molar-refractivity contribution in [2.75, 3.05) is 19.6 Å². The van der Waals surface area contributed by atoms with Crippen molar-refractivity contribution in [2.45, 2.75) is 37.8 Å². The van der Waals surface area contributed by atoms with Crippen LogP contribution in [0.25, 0.3) is 0 Å². The lowest BCUT2D eigenvalue weighted by atomic mass is 9.92. The summed E-state index contributed by atoms with van der Waals surface area (Å²) in [7, 11) is 0. The van der Waals surface area contributed by atoms with Crippen molar-refractivity contribution in [1.29, 1.82) is 0 Å². The maximum absolute atomic E-state index is 14.2. The number of hydrogen-bond donors (Lipinski definition) is 1. The molecule has 2 aliphatic rings. The molecule has 0 atom stereocenters. The Balaban J connectivity index is 1.88. The third kappa shape index (κ3) is 2.51. The molecular weight excluding hydrogens is 326 g/mol. The van der Waals surface area contributed by atoms with Gasteiger partial charge in [-0.2, -0.15) is 0 Å². The second-order valence-electron chi connectivity index (χ2n) is 5.85. The lowest BCUT2D eigenvalue weighted by Crippen LogP contribution is -2.59. The van der Waals surface area contributed by atoms with Gasteiger partial charge in [0.1, 0.15) is 11.6 Å². The molecule has 0 unspecified atom stereocenters. The first-order chi connectivity index (χ1) is 9.62. The van der Waals surface area contributed by atoms with Crippen LogP contribution >= 0.6 is 15.9 Å². The van der Waals surface area contributed by atoms with Crippen LogP contribution in [0.4, 0.5) is 8.78 Å². The Morgan fingerprint density at radius 3 is 2.75 bits per heavy atom. The molecule has 1 saturated carbocycles. The highest BCUT2D eigenvalue weighted by molar-refractivity contribution is 9.10. The predicted molar refractivity (Wildman–Crippen MR) is 78.5 cm³/mol. The van der Waals surface area contributed by atoms with Gasteiger partial charge in [-0.3, -0.25) is 4.90 Å². The molecular formula is C15H19BrF2N2. The fourth-order valence-corrected chi connectivity index (χ4v) is 3.93. The van der Waals surface area contributed by atoms with E-state index in [1.807, 2.05) is 0 Å². The Morgan fingerprint density at radius 2 is 2.00 bits per heavy atom. The fraction of sp³-hybridized carbons (Fsp3) is 0.600. The maximum Gasteiger partial charge on any atom is 0.144 e. The Kier molecular flexibility index (Phi) is 4.11. The Bertz CT molecular complexity index is 501. The first kappa shape index (κ1) is 14.4. The third-order valence-electron chi connectivity index (χ3n) is 4.71. The highest BCUT2D eigenvalue weighted by atomic mass is 79.9. The zero-order valence-electron chi connectivity index (χ0n) is 11.4. The number of benzene rings is 1. The van der Waals surface area contributed by atoms with E-state index >= 15 is 0 Å². The van der Waals surface area contributed by atoms with Crippen LogP contribution in [-0.4, -0.2) is 30.1 Å².